The number of amides is 3. The second kappa shape index (κ2) is 10.5. The van der Waals surface area contributed by atoms with E-state index in [0.29, 0.717) is 19.4 Å². The highest BCUT2D eigenvalue weighted by atomic mass is 16.4. The van der Waals surface area contributed by atoms with E-state index >= 15 is 0 Å². The Morgan fingerprint density at radius 1 is 1.21 bits per heavy atom. The molecule has 10 heteroatoms. The summed E-state index contributed by atoms with van der Waals surface area (Å²) in [6.45, 7) is -0.767. The molecule has 0 spiro atoms. The minimum Gasteiger partial charge on any atom is -0.480 e. The lowest BCUT2D eigenvalue weighted by Gasteiger charge is -2.27. The average Bonchev–Trinajstić information content (AvgIpc) is 3.21. The molecule has 10 nitrogen and oxygen atoms in total. The quantitative estimate of drug-likeness (QED) is 0.324. The number of rotatable bonds is 9. The molecule has 1 fully saturated rings. The van der Waals surface area contributed by atoms with Gasteiger partial charge in [0.25, 0.3) is 0 Å². The van der Waals surface area contributed by atoms with E-state index in [1.54, 1.807) is 24.3 Å². The Hall–Kier alpha value is -2.98. The number of carboxylic acid groups (broad SMARTS) is 1. The fourth-order valence-corrected chi connectivity index (χ4v) is 3.21. The van der Waals surface area contributed by atoms with Gasteiger partial charge in [-0.3, -0.25) is 19.2 Å². The molecule has 3 amide bonds. The summed E-state index contributed by atoms with van der Waals surface area (Å²) in [5.41, 5.74) is 6.37. The van der Waals surface area contributed by atoms with Gasteiger partial charge < -0.3 is 31.5 Å². The van der Waals surface area contributed by atoms with Gasteiger partial charge in [0.1, 0.15) is 24.7 Å². The number of hydrogen-bond acceptors (Lipinski definition) is 6. The number of nitrogens with zero attached hydrogens (tertiary/aromatic N) is 1. The monoisotopic (exact) mass is 406 g/mol. The van der Waals surface area contributed by atoms with Crippen LogP contribution in [-0.4, -0.2) is 76.6 Å². The molecule has 1 aliphatic rings. The molecular weight excluding hydrogens is 380 g/mol. The molecule has 29 heavy (non-hydrogen) atoms. The molecule has 1 saturated heterocycles. The number of hydrogen-bond donors (Lipinski definition) is 5. The zero-order chi connectivity index (χ0) is 21.4. The van der Waals surface area contributed by atoms with E-state index in [1.807, 2.05) is 6.07 Å². The highest BCUT2D eigenvalue weighted by Gasteiger charge is 2.37. The van der Waals surface area contributed by atoms with Crippen LogP contribution in [0.4, 0.5) is 0 Å². The van der Waals surface area contributed by atoms with E-state index in [9.17, 15) is 19.2 Å². The van der Waals surface area contributed by atoms with Crippen molar-refractivity contribution in [3.63, 3.8) is 0 Å². The van der Waals surface area contributed by atoms with E-state index < -0.39 is 55.0 Å². The fraction of sp³-hybridized carbons (Fsp3) is 0.474. The van der Waals surface area contributed by atoms with Gasteiger partial charge in [0.15, 0.2) is 0 Å². The Labute approximate surface area is 168 Å². The topological polar surface area (TPSA) is 162 Å². The summed E-state index contributed by atoms with van der Waals surface area (Å²) in [6, 6.07) is 6.05. The fourth-order valence-electron chi connectivity index (χ4n) is 3.21. The van der Waals surface area contributed by atoms with Crippen LogP contribution in [0.3, 0.4) is 0 Å². The molecule has 0 radical (unpaired) electrons. The van der Waals surface area contributed by atoms with Crippen molar-refractivity contribution in [2.45, 2.75) is 37.4 Å². The second-order valence-electron chi connectivity index (χ2n) is 6.84. The van der Waals surface area contributed by atoms with E-state index in [-0.39, 0.29) is 6.42 Å². The summed E-state index contributed by atoms with van der Waals surface area (Å²) >= 11 is 0. The summed E-state index contributed by atoms with van der Waals surface area (Å²) in [5.74, 6) is -2.88. The van der Waals surface area contributed by atoms with Gasteiger partial charge >= 0.3 is 5.97 Å². The number of likely N-dealkylation sites (tertiary alicyclic amines) is 1. The van der Waals surface area contributed by atoms with Crippen LogP contribution in [0.1, 0.15) is 18.4 Å². The van der Waals surface area contributed by atoms with Crippen LogP contribution >= 0.6 is 0 Å². The molecule has 158 valence electrons. The van der Waals surface area contributed by atoms with Crippen molar-refractivity contribution in [3.8, 4) is 0 Å². The van der Waals surface area contributed by atoms with Gasteiger partial charge in [-0.25, -0.2) is 0 Å². The van der Waals surface area contributed by atoms with Gasteiger partial charge in [0.05, 0.1) is 6.61 Å². The number of aliphatic hydroxyl groups excluding tert-OH is 1. The van der Waals surface area contributed by atoms with Gasteiger partial charge in [-0.1, -0.05) is 30.3 Å². The molecule has 1 aliphatic heterocycles. The minimum absolute atomic E-state index is 0.162. The predicted molar refractivity (Wildman–Crippen MR) is 103 cm³/mol. The van der Waals surface area contributed by atoms with Crippen LogP contribution in [-0.2, 0) is 25.6 Å². The molecule has 3 atom stereocenters. The number of benzene rings is 1. The predicted octanol–water partition coefficient (Wildman–Crippen LogP) is -1.77. The first-order valence-electron chi connectivity index (χ1n) is 9.34. The first-order valence-corrected chi connectivity index (χ1v) is 9.34. The molecule has 0 saturated carbocycles. The van der Waals surface area contributed by atoms with Crippen molar-refractivity contribution >= 4 is 23.7 Å². The van der Waals surface area contributed by atoms with Crippen LogP contribution in [0, 0.1) is 0 Å². The Kier molecular flexibility index (Phi) is 8.10. The standard InChI is InChI=1S/C19H26N4O6/c20-13(11-24)19(29)23-8-4-7-15(23)18(28)22-14(17(27)21-10-16(25)26)9-12-5-2-1-3-6-12/h1-3,5-6,13-15,24H,4,7-11,20H2,(H,21,27)(H,22,28)(H,25,26)/t13-,14-,15-/m0/s1. The van der Waals surface area contributed by atoms with Gasteiger partial charge in [-0.2, -0.15) is 0 Å². The summed E-state index contributed by atoms with van der Waals surface area (Å²) < 4.78 is 0. The van der Waals surface area contributed by atoms with Gasteiger partial charge in [0.2, 0.25) is 17.7 Å². The van der Waals surface area contributed by atoms with Crippen LogP contribution in [0.15, 0.2) is 30.3 Å². The normalized spacial score (nSPS) is 18.0. The van der Waals surface area contributed by atoms with Crippen molar-refractivity contribution < 1.29 is 29.4 Å². The maximum atomic E-state index is 12.8. The Morgan fingerprint density at radius 3 is 2.52 bits per heavy atom. The van der Waals surface area contributed by atoms with Crippen molar-refractivity contribution in [2.24, 2.45) is 5.73 Å². The van der Waals surface area contributed by atoms with E-state index in [1.165, 1.54) is 4.90 Å². The first kappa shape index (κ1) is 22.3. The molecule has 0 aliphatic carbocycles. The van der Waals surface area contributed by atoms with Crippen molar-refractivity contribution in [1.29, 1.82) is 0 Å². The Balaban J connectivity index is 2.11. The molecule has 0 aromatic heterocycles. The summed E-state index contributed by atoms with van der Waals surface area (Å²) in [6.07, 6.45) is 1.16. The van der Waals surface area contributed by atoms with Crippen molar-refractivity contribution in [2.75, 3.05) is 19.7 Å². The molecular formula is C19H26N4O6. The number of carbonyl (C=O) groups is 4. The zero-order valence-corrected chi connectivity index (χ0v) is 15.9. The Morgan fingerprint density at radius 2 is 1.90 bits per heavy atom. The van der Waals surface area contributed by atoms with Crippen LogP contribution in [0.5, 0.6) is 0 Å². The number of nitrogens with two attached hydrogens (primary N) is 1. The number of aliphatic hydroxyl groups is 1. The zero-order valence-electron chi connectivity index (χ0n) is 15.9. The SMILES string of the molecule is N[C@@H](CO)C(=O)N1CCC[C@H]1C(=O)N[C@@H](Cc1ccccc1)C(=O)NCC(=O)O. The van der Waals surface area contributed by atoms with Gasteiger partial charge in [-0.05, 0) is 18.4 Å². The summed E-state index contributed by atoms with van der Waals surface area (Å²) in [4.78, 5) is 49.6. The highest BCUT2D eigenvalue weighted by Crippen LogP contribution is 2.18. The van der Waals surface area contributed by atoms with Gasteiger partial charge in [0, 0.05) is 13.0 Å². The number of nitrogens with one attached hydrogen (secondary N) is 2. The summed E-state index contributed by atoms with van der Waals surface area (Å²) in [7, 11) is 0. The third-order valence-corrected chi connectivity index (χ3v) is 4.68. The minimum atomic E-state index is -1.20. The van der Waals surface area contributed by atoms with Crippen LogP contribution in [0.25, 0.3) is 0 Å². The smallest absolute Gasteiger partial charge is 0.322 e. The molecule has 0 bridgehead atoms. The average molecular weight is 406 g/mol. The lowest BCUT2D eigenvalue weighted by Crippen LogP contribution is -2.56. The number of carboxylic acids is 1. The highest BCUT2D eigenvalue weighted by molar-refractivity contribution is 5.94. The maximum Gasteiger partial charge on any atom is 0.322 e. The molecule has 1 aromatic carbocycles. The third kappa shape index (κ3) is 6.26. The molecule has 2 rings (SSSR count). The lowest BCUT2D eigenvalue weighted by atomic mass is 10.0. The largest absolute Gasteiger partial charge is 0.480 e. The van der Waals surface area contributed by atoms with E-state index in [4.69, 9.17) is 15.9 Å². The molecule has 6 N–H and O–H groups in total. The van der Waals surface area contributed by atoms with Gasteiger partial charge in [-0.15, -0.1) is 0 Å². The lowest BCUT2D eigenvalue weighted by molar-refractivity contribution is -0.141. The van der Waals surface area contributed by atoms with E-state index in [0.717, 1.165) is 5.56 Å². The van der Waals surface area contributed by atoms with E-state index in [2.05, 4.69) is 10.6 Å². The molecule has 1 heterocycles. The first-order chi connectivity index (χ1) is 13.8. The number of aliphatic carboxylic acids is 1. The molecule has 0 unspecified atom stereocenters. The summed E-state index contributed by atoms with van der Waals surface area (Å²) in [5, 5.41) is 22.8. The Bertz CT molecular complexity index is 741. The third-order valence-electron chi connectivity index (χ3n) is 4.68. The second-order valence-corrected chi connectivity index (χ2v) is 6.84. The van der Waals surface area contributed by atoms with Crippen molar-refractivity contribution in [3.05, 3.63) is 35.9 Å². The number of carbonyl (C=O) groups excluding carboxylic acids is 3. The van der Waals surface area contributed by atoms with Crippen LogP contribution < -0.4 is 16.4 Å². The molecule has 1 aromatic rings. The maximum absolute atomic E-state index is 12.8. The van der Waals surface area contributed by atoms with Crippen molar-refractivity contribution in [1.82, 2.24) is 15.5 Å². The van der Waals surface area contributed by atoms with Crippen LogP contribution in [0.2, 0.25) is 0 Å².